The van der Waals surface area contributed by atoms with E-state index in [1.807, 2.05) is 6.07 Å². The number of pyridine rings is 1. The van der Waals surface area contributed by atoms with Crippen molar-refractivity contribution in [1.29, 1.82) is 0 Å². The van der Waals surface area contributed by atoms with Gasteiger partial charge >= 0.3 is 0 Å². The third-order valence-electron chi connectivity index (χ3n) is 5.26. The fourth-order valence-corrected chi connectivity index (χ4v) is 5.13. The lowest BCUT2D eigenvalue weighted by molar-refractivity contribution is 0.355. The van der Waals surface area contributed by atoms with Crippen LogP contribution in [-0.2, 0) is 16.4 Å². The van der Waals surface area contributed by atoms with E-state index in [-0.39, 0.29) is 22.6 Å². The standard InChI is InChI=1S/C24H19ClFNO5S/c1-31-21-11-18-20(12-22(21)32-2)27(13-15-5-3-4-6-19(15)25)14-23(24(18)28)33(29,30)17-9-7-16(26)8-10-17/h3-12,14H,13H2,1-2H3. The summed E-state index contributed by atoms with van der Waals surface area (Å²) in [6.45, 7) is 0.192. The largest absolute Gasteiger partial charge is 0.493 e. The zero-order valence-electron chi connectivity index (χ0n) is 17.7. The third kappa shape index (κ3) is 4.19. The lowest BCUT2D eigenvalue weighted by atomic mass is 10.1. The van der Waals surface area contributed by atoms with Crippen molar-refractivity contribution < 1.29 is 22.3 Å². The number of nitrogens with zero attached hydrogens (tertiary/aromatic N) is 1. The van der Waals surface area contributed by atoms with Gasteiger partial charge in [0.25, 0.3) is 0 Å². The maximum Gasteiger partial charge on any atom is 0.211 e. The first-order valence-electron chi connectivity index (χ1n) is 9.79. The monoisotopic (exact) mass is 487 g/mol. The van der Waals surface area contributed by atoms with Crippen molar-refractivity contribution in [3.8, 4) is 11.5 Å². The molecule has 4 rings (SSSR count). The van der Waals surface area contributed by atoms with E-state index in [0.717, 1.165) is 29.8 Å². The van der Waals surface area contributed by atoms with Gasteiger partial charge in [0.1, 0.15) is 10.7 Å². The molecule has 33 heavy (non-hydrogen) atoms. The molecule has 9 heteroatoms. The molecule has 0 bridgehead atoms. The molecule has 1 aromatic heterocycles. The predicted molar refractivity (Wildman–Crippen MR) is 124 cm³/mol. The Morgan fingerprint density at radius 1 is 0.970 bits per heavy atom. The Morgan fingerprint density at radius 2 is 1.61 bits per heavy atom. The fraction of sp³-hybridized carbons (Fsp3) is 0.125. The SMILES string of the molecule is COc1cc2c(=O)c(S(=O)(=O)c3ccc(F)cc3)cn(Cc3ccccc3Cl)c2cc1OC. The van der Waals surface area contributed by atoms with Gasteiger partial charge in [-0.25, -0.2) is 12.8 Å². The molecule has 0 radical (unpaired) electrons. The van der Waals surface area contributed by atoms with Gasteiger partial charge in [-0.2, -0.15) is 0 Å². The summed E-state index contributed by atoms with van der Waals surface area (Å²) in [6, 6.07) is 14.5. The fourth-order valence-electron chi connectivity index (χ4n) is 3.56. The van der Waals surface area contributed by atoms with Crippen LogP contribution < -0.4 is 14.9 Å². The first-order valence-corrected chi connectivity index (χ1v) is 11.7. The molecule has 0 amide bonds. The van der Waals surface area contributed by atoms with Gasteiger partial charge in [0.05, 0.1) is 30.0 Å². The number of ether oxygens (including phenoxy) is 2. The quantitative estimate of drug-likeness (QED) is 0.369. The molecule has 0 N–H and O–H groups in total. The van der Waals surface area contributed by atoms with Gasteiger partial charge in [-0.15, -0.1) is 0 Å². The van der Waals surface area contributed by atoms with E-state index in [0.29, 0.717) is 16.3 Å². The average Bonchev–Trinajstić information content (AvgIpc) is 2.81. The summed E-state index contributed by atoms with van der Waals surface area (Å²) in [7, 11) is -1.36. The Kier molecular flexibility index (Phi) is 6.14. The highest BCUT2D eigenvalue weighted by molar-refractivity contribution is 7.91. The van der Waals surface area contributed by atoms with Crippen molar-refractivity contribution in [1.82, 2.24) is 4.57 Å². The first kappa shape index (κ1) is 22.8. The van der Waals surface area contributed by atoms with Crippen LogP contribution in [0.3, 0.4) is 0 Å². The zero-order chi connectivity index (χ0) is 23.8. The number of fused-ring (bicyclic) bond motifs is 1. The van der Waals surface area contributed by atoms with Gasteiger partial charge in [0.15, 0.2) is 11.5 Å². The molecule has 170 valence electrons. The molecule has 1 heterocycles. The van der Waals surface area contributed by atoms with E-state index in [9.17, 15) is 17.6 Å². The van der Waals surface area contributed by atoms with Crippen LogP contribution in [0.5, 0.6) is 11.5 Å². The van der Waals surface area contributed by atoms with Crippen LogP contribution in [0.4, 0.5) is 4.39 Å². The average molecular weight is 488 g/mol. The van der Waals surface area contributed by atoms with E-state index in [1.165, 1.54) is 26.5 Å². The number of benzene rings is 3. The Balaban J connectivity index is 2.04. The molecule has 0 unspecified atom stereocenters. The number of rotatable bonds is 6. The van der Waals surface area contributed by atoms with E-state index >= 15 is 0 Å². The summed E-state index contributed by atoms with van der Waals surface area (Å²) < 4.78 is 52.4. The highest BCUT2D eigenvalue weighted by atomic mass is 35.5. The molecule has 0 fully saturated rings. The predicted octanol–water partition coefficient (Wildman–Crippen LogP) is 4.69. The van der Waals surface area contributed by atoms with Crippen molar-refractivity contribution in [3.05, 3.63) is 93.5 Å². The topological polar surface area (TPSA) is 74.6 Å². The summed E-state index contributed by atoms with van der Waals surface area (Å²) in [5.74, 6) is 0.0783. The smallest absolute Gasteiger partial charge is 0.211 e. The molecule has 0 spiro atoms. The summed E-state index contributed by atoms with van der Waals surface area (Å²) in [4.78, 5) is 12.7. The van der Waals surface area contributed by atoms with Gasteiger partial charge < -0.3 is 14.0 Å². The number of sulfone groups is 1. The first-order chi connectivity index (χ1) is 15.8. The lowest BCUT2D eigenvalue weighted by Gasteiger charge is -2.17. The minimum atomic E-state index is -4.24. The number of hydrogen-bond acceptors (Lipinski definition) is 5. The maximum atomic E-state index is 13.4. The van der Waals surface area contributed by atoms with E-state index in [2.05, 4.69) is 0 Å². The number of aromatic nitrogens is 1. The molecule has 0 aliphatic heterocycles. The molecule has 0 atom stereocenters. The van der Waals surface area contributed by atoms with Gasteiger partial charge in [-0.05, 0) is 42.0 Å². The number of halogens is 2. The minimum Gasteiger partial charge on any atom is -0.493 e. The summed E-state index contributed by atoms with van der Waals surface area (Å²) in [6.07, 6.45) is 1.28. The normalized spacial score (nSPS) is 11.5. The molecule has 0 saturated heterocycles. The molecule has 0 aliphatic rings. The molecule has 4 aromatic rings. The Labute approximate surface area is 194 Å². The van der Waals surface area contributed by atoms with Gasteiger partial charge in [-0.1, -0.05) is 29.8 Å². The summed E-state index contributed by atoms with van der Waals surface area (Å²) in [5.41, 5.74) is 0.463. The van der Waals surface area contributed by atoms with E-state index in [4.69, 9.17) is 21.1 Å². The van der Waals surface area contributed by atoms with Crippen LogP contribution >= 0.6 is 11.6 Å². The third-order valence-corrected chi connectivity index (χ3v) is 7.40. The van der Waals surface area contributed by atoms with Gasteiger partial charge in [0.2, 0.25) is 15.3 Å². The van der Waals surface area contributed by atoms with Crippen LogP contribution in [0.1, 0.15) is 5.56 Å². The Morgan fingerprint density at radius 3 is 2.24 bits per heavy atom. The summed E-state index contributed by atoms with van der Waals surface area (Å²) >= 11 is 6.33. The van der Waals surface area contributed by atoms with Crippen LogP contribution in [0.25, 0.3) is 10.9 Å². The highest BCUT2D eigenvalue weighted by Crippen LogP contribution is 2.33. The Bertz CT molecular complexity index is 1510. The van der Waals surface area contributed by atoms with Crippen LogP contribution in [0.2, 0.25) is 5.02 Å². The van der Waals surface area contributed by atoms with Crippen LogP contribution in [-0.4, -0.2) is 27.2 Å². The molecule has 3 aromatic carbocycles. The van der Waals surface area contributed by atoms with Crippen molar-refractivity contribution in [2.45, 2.75) is 16.3 Å². The lowest BCUT2D eigenvalue weighted by Crippen LogP contribution is -2.20. The van der Waals surface area contributed by atoms with Crippen molar-refractivity contribution in [3.63, 3.8) is 0 Å². The van der Waals surface area contributed by atoms with Crippen LogP contribution in [0.15, 0.2) is 81.4 Å². The molecule has 6 nitrogen and oxygen atoms in total. The maximum absolute atomic E-state index is 13.4. The van der Waals surface area contributed by atoms with Gasteiger partial charge in [-0.3, -0.25) is 4.79 Å². The highest BCUT2D eigenvalue weighted by Gasteiger charge is 2.25. The van der Waals surface area contributed by atoms with E-state index < -0.39 is 26.0 Å². The second kappa shape index (κ2) is 8.88. The molecular weight excluding hydrogens is 469 g/mol. The second-order valence-electron chi connectivity index (χ2n) is 7.22. The van der Waals surface area contributed by atoms with E-state index in [1.54, 1.807) is 28.8 Å². The molecule has 0 aliphatic carbocycles. The molecular formula is C24H19ClFNO5S. The number of hydrogen-bond donors (Lipinski definition) is 0. The van der Waals surface area contributed by atoms with Crippen molar-refractivity contribution in [2.75, 3.05) is 14.2 Å². The Hall–Kier alpha value is -3.36. The zero-order valence-corrected chi connectivity index (χ0v) is 19.3. The minimum absolute atomic E-state index is 0.128. The van der Waals surface area contributed by atoms with Crippen LogP contribution in [0, 0.1) is 5.82 Å². The van der Waals surface area contributed by atoms with Crippen molar-refractivity contribution in [2.24, 2.45) is 0 Å². The van der Waals surface area contributed by atoms with Crippen molar-refractivity contribution >= 4 is 32.3 Å². The number of methoxy groups -OCH3 is 2. The van der Waals surface area contributed by atoms with Gasteiger partial charge in [0, 0.05) is 23.8 Å². The summed E-state index contributed by atoms with van der Waals surface area (Å²) in [5, 5.41) is 0.621. The second-order valence-corrected chi connectivity index (χ2v) is 9.55. The molecule has 0 saturated carbocycles.